The lowest BCUT2D eigenvalue weighted by Crippen LogP contribution is -2.55. The van der Waals surface area contributed by atoms with E-state index in [2.05, 4.69) is 14.9 Å². The van der Waals surface area contributed by atoms with Crippen LogP contribution >= 0.6 is 11.3 Å². The van der Waals surface area contributed by atoms with Crippen LogP contribution < -0.4 is 0 Å². The van der Waals surface area contributed by atoms with Gasteiger partial charge in [-0.25, -0.2) is 4.98 Å². The first kappa shape index (κ1) is 20.0. The molecule has 0 N–H and O–H groups in total. The van der Waals surface area contributed by atoms with Crippen LogP contribution in [0.15, 0.2) is 29.8 Å². The van der Waals surface area contributed by atoms with Crippen LogP contribution in [0, 0.1) is 0 Å². The molecular formula is C21H27N5O2S. The monoisotopic (exact) mass is 413 g/mol. The first-order valence-corrected chi connectivity index (χ1v) is 11.2. The summed E-state index contributed by atoms with van der Waals surface area (Å²) in [5.41, 5.74) is 1.63. The molecule has 2 amide bonds. The molecule has 2 aliphatic heterocycles. The zero-order valence-corrected chi connectivity index (χ0v) is 17.6. The fraction of sp³-hybridized carbons (Fsp3) is 0.524. The zero-order chi connectivity index (χ0) is 20.2. The van der Waals surface area contributed by atoms with Gasteiger partial charge in [0.25, 0.3) is 0 Å². The molecule has 0 bridgehead atoms. The topological polar surface area (TPSA) is 69.6 Å². The third kappa shape index (κ3) is 4.64. The minimum atomic E-state index is -0.107. The summed E-state index contributed by atoms with van der Waals surface area (Å²) in [6.45, 7) is 6.56. The van der Waals surface area contributed by atoms with E-state index in [9.17, 15) is 9.59 Å². The standard InChI is InChI=1S/C21H27N5O2S/c1-16(21(28)26-8-4-5-9-26)24-10-12-25(13-11-24)19(27)14-17-15-29-20(23-17)18-6-2-3-7-22-18/h2-3,6-7,15-16H,4-5,8-14H2,1H3/t16-/m1/s1. The van der Waals surface area contributed by atoms with Crippen molar-refractivity contribution in [2.45, 2.75) is 32.2 Å². The second kappa shape index (κ2) is 9.00. The number of aromatic nitrogens is 2. The molecule has 29 heavy (non-hydrogen) atoms. The minimum absolute atomic E-state index is 0.0982. The summed E-state index contributed by atoms with van der Waals surface area (Å²) in [6.07, 6.45) is 4.28. The highest BCUT2D eigenvalue weighted by molar-refractivity contribution is 7.13. The molecule has 0 saturated carbocycles. The highest BCUT2D eigenvalue weighted by Gasteiger charge is 2.31. The van der Waals surface area contributed by atoms with Crippen LogP contribution in [0.5, 0.6) is 0 Å². The van der Waals surface area contributed by atoms with Crippen molar-refractivity contribution in [2.24, 2.45) is 0 Å². The summed E-state index contributed by atoms with van der Waals surface area (Å²) in [7, 11) is 0. The quantitative estimate of drug-likeness (QED) is 0.749. The van der Waals surface area contributed by atoms with Crippen LogP contribution in [0.25, 0.3) is 10.7 Å². The maximum Gasteiger partial charge on any atom is 0.239 e. The highest BCUT2D eigenvalue weighted by atomic mass is 32.1. The molecule has 2 aliphatic rings. The molecule has 4 rings (SSSR count). The largest absolute Gasteiger partial charge is 0.341 e. The van der Waals surface area contributed by atoms with Crippen LogP contribution in [0.4, 0.5) is 0 Å². The molecule has 2 aromatic rings. The van der Waals surface area contributed by atoms with Crippen LogP contribution in [-0.2, 0) is 16.0 Å². The smallest absolute Gasteiger partial charge is 0.239 e. The molecule has 0 radical (unpaired) electrons. The highest BCUT2D eigenvalue weighted by Crippen LogP contribution is 2.22. The number of carbonyl (C=O) groups excluding carboxylic acids is 2. The summed E-state index contributed by atoms with van der Waals surface area (Å²) in [5, 5.41) is 2.78. The lowest BCUT2D eigenvalue weighted by atomic mass is 10.2. The molecule has 7 nitrogen and oxygen atoms in total. The number of hydrogen-bond acceptors (Lipinski definition) is 6. The lowest BCUT2D eigenvalue weighted by molar-refractivity contribution is -0.137. The van der Waals surface area contributed by atoms with Gasteiger partial charge in [0.15, 0.2) is 0 Å². The summed E-state index contributed by atoms with van der Waals surface area (Å²) < 4.78 is 0. The number of likely N-dealkylation sites (tertiary alicyclic amines) is 1. The second-order valence-electron chi connectivity index (χ2n) is 7.66. The van der Waals surface area contributed by atoms with Gasteiger partial charge in [0, 0.05) is 50.8 Å². The molecule has 8 heteroatoms. The molecule has 2 aromatic heterocycles. The fourth-order valence-electron chi connectivity index (χ4n) is 3.98. The number of amides is 2. The molecule has 0 spiro atoms. The van der Waals surface area contributed by atoms with E-state index in [4.69, 9.17) is 0 Å². The number of nitrogens with zero attached hydrogens (tertiary/aromatic N) is 5. The van der Waals surface area contributed by atoms with E-state index in [-0.39, 0.29) is 17.9 Å². The van der Waals surface area contributed by atoms with Crippen molar-refractivity contribution in [1.82, 2.24) is 24.7 Å². The molecule has 0 aliphatic carbocycles. The van der Waals surface area contributed by atoms with E-state index in [1.165, 1.54) is 11.3 Å². The van der Waals surface area contributed by atoms with E-state index in [1.807, 2.05) is 40.3 Å². The Morgan fingerprint density at radius 2 is 1.83 bits per heavy atom. The van der Waals surface area contributed by atoms with Crippen molar-refractivity contribution in [3.05, 3.63) is 35.5 Å². The number of pyridine rings is 1. The van der Waals surface area contributed by atoms with Crippen LogP contribution in [-0.4, -0.2) is 81.8 Å². The van der Waals surface area contributed by atoms with Crippen molar-refractivity contribution < 1.29 is 9.59 Å². The van der Waals surface area contributed by atoms with Crippen molar-refractivity contribution in [1.29, 1.82) is 0 Å². The maximum absolute atomic E-state index is 12.7. The number of rotatable bonds is 5. The van der Waals surface area contributed by atoms with Gasteiger partial charge in [-0.15, -0.1) is 11.3 Å². The Bertz CT molecular complexity index is 842. The van der Waals surface area contributed by atoms with E-state index in [0.29, 0.717) is 19.5 Å². The Morgan fingerprint density at radius 1 is 1.07 bits per heavy atom. The van der Waals surface area contributed by atoms with E-state index < -0.39 is 0 Å². The minimum Gasteiger partial charge on any atom is -0.341 e. The molecule has 4 heterocycles. The molecule has 2 fully saturated rings. The van der Waals surface area contributed by atoms with Gasteiger partial charge in [0.1, 0.15) is 5.01 Å². The number of thiazole rings is 1. The molecule has 0 unspecified atom stereocenters. The van der Waals surface area contributed by atoms with Crippen molar-refractivity contribution in [2.75, 3.05) is 39.3 Å². The Morgan fingerprint density at radius 3 is 2.52 bits per heavy atom. The van der Waals surface area contributed by atoms with Gasteiger partial charge in [-0.3, -0.25) is 19.5 Å². The van der Waals surface area contributed by atoms with Gasteiger partial charge < -0.3 is 9.80 Å². The Labute approximate surface area is 175 Å². The lowest BCUT2D eigenvalue weighted by Gasteiger charge is -2.38. The number of hydrogen-bond donors (Lipinski definition) is 0. The number of piperazine rings is 1. The van der Waals surface area contributed by atoms with Crippen LogP contribution in [0.1, 0.15) is 25.5 Å². The third-order valence-electron chi connectivity index (χ3n) is 5.76. The summed E-state index contributed by atoms with van der Waals surface area (Å²) >= 11 is 1.52. The van der Waals surface area contributed by atoms with Gasteiger partial charge >= 0.3 is 0 Å². The maximum atomic E-state index is 12.7. The summed E-state index contributed by atoms with van der Waals surface area (Å²) in [6, 6.07) is 5.63. The van der Waals surface area contributed by atoms with Crippen molar-refractivity contribution >= 4 is 23.2 Å². The average molecular weight is 414 g/mol. The molecule has 2 saturated heterocycles. The molecule has 0 aromatic carbocycles. The average Bonchev–Trinajstić information content (AvgIpc) is 3.46. The Hall–Kier alpha value is -2.32. The SMILES string of the molecule is C[C@H](C(=O)N1CCCC1)N1CCN(C(=O)Cc2csc(-c3ccccn3)n2)CC1. The second-order valence-corrected chi connectivity index (χ2v) is 8.52. The van der Waals surface area contributed by atoms with Crippen LogP contribution in [0.2, 0.25) is 0 Å². The van der Waals surface area contributed by atoms with E-state index in [1.54, 1.807) is 6.20 Å². The Balaban J connectivity index is 1.28. The Kier molecular flexibility index (Phi) is 6.20. The summed E-state index contributed by atoms with van der Waals surface area (Å²) in [5.74, 6) is 0.327. The van der Waals surface area contributed by atoms with Crippen LogP contribution in [0.3, 0.4) is 0 Å². The predicted molar refractivity (Wildman–Crippen MR) is 112 cm³/mol. The van der Waals surface area contributed by atoms with E-state index in [0.717, 1.165) is 55.4 Å². The van der Waals surface area contributed by atoms with E-state index >= 15 is 0 Å². The summed E-state index contributed by atoms with van der Waals surface area (Å²) in [4.78, 5) is 40.3. The van der Waals surface area contributed by atoms with Crippen molar-refractivity contribution in [3.8, 4) is 10.7 Å². The molecular weight excluding hydrogens is 386 g/mol. The first-order valence-electron chi connectivity index (χ1n) is 10.3. The van der Waals surface area contributed by atoms with Gasteiger partial charge in [0.2, 0.25) is 11.8 Å². The first-order chi connectivity index (χ1) is 14.1. The number of carbonyl (C=O) groups is 2. The van der Waals surface area contributed by atoms with Gasteiger partial charge in [-0.05, 0) is 31.9 Å². The van der Waals surface area contributed by atoms with Gasteiger partial charge in [-0.1, -0.05) is 6.07 Å². The normalized spacial score (nSPS) is 18.8. The third-order valence-corrected chi connectivity index (χ3v) is 6.67. The van der Waals surface area contributed by atoms with Crippen molar-refractivity contribution in [3.63, 3.8) is 0 Å². The predicted octanol–water partition coefficient (Wildman–Crippen LogP) is 1.90. The fourth-order valence-corrected chi connectivity index (χ4v) is 4.77. The van der Waals surface area contributed by atoms with Gasteiger partial charge in [-0.2, -0.15) is 0 Å². The zero-order valence-electron chi connectivity index (χ0n) is 16.8. The molecule has 1 atom stereocenters. The molecule has 154 valence electrons. The van der Waals surface area contributed by atoms with Gasteiger partial charge in [0.05, 0.1) is 23.9 Å².